The molecular weight excluding hydrogens is 901 g/mol. The Morgan fingerprint density at radius 1 is 0.288 bits per heavy atom. The summed E-state index contributed by atoms with van der Waals surface area (Å²) in [6.07, 6.45) is 77.1. The second-order valence-electron chi connectivity index (χ2n) is 21.7. The van der Waals surface area contributed by atoms with Gasteiger partial charge in [0.05, 0.1) is 0 Å². The molecule has 0 aromatic carbocycles. The molecule has 0 fully saturated rings. The van der Waals surface area contributed by atoms with Gasteiger partial charge in [0.15, 0.2) is 6.10 Å². The van der Waals surface area contributed by atoms with Gasteiger partial charge in [-0.1, -0.05) is 313 Å². The number of hydrogen-bond acceptors (Lipinski definition) is 6. The Morgan fingerprint density at radius 2 is 0.534 bits per heavy atom. The summed E-state index contributed by atoms with van der Waals surface area (Å²) in [5.74, 6) is -0.884. The molecule has 6 nitrogen and oxygen atoms in total. The van der Waals surface area contributed by atoms with Gasteiger partial charge in [-0.05, 0) is 57.8 Å². The van der Waals surface area contributed by atoms with E-state index in [1.807, 2.05) is 0 Å². The van der Waals surface area contributed by atoms with Gasteiger partial charge in [0.25, 0.3) is 0 Å². The Labute approximate surface area is 454 Å². The van der Waals surface area contributed by atoms with Crippen LogP contribution in [-0.4, -0.2) is 37.2 Å². The number of esters is 3. The molecule has 0 aromatic heterocycles. The zero-order valence-electron chi connectivity index (χ0n) is 48.9. The molecule has 0 amide bonds. The molecule has 426 valence electrons. The third kappa shape index (κ3) is 60.1. The molecular formula is C67H122O6. The van der Waals surface area contributed by atoms with E-state index in [0.717, 1.165) is 96.3 Å². The van der Waals surface area contributed by atoms with E-state index in [2.05, 4.69) is 69.4 Å². The second-order valence-corrected chi connectivity index (χ2v) is 21.7. The van der Waals surface area contributed by atoms with Crippen LogP contribution in [0.3, 0.4) is 0 Å². The monoisotopic (exact) mass is 1020 g/mol. The van der Waals surface area contributed by atoms with Crippen LogP contribution in [0.1, 0.15) is 342 Å². The number of unbranched alkanes of at least 4 members (excludes halogenated alkanes) is 40. The topological polar surface area (TPSA) is 78.9 Å². The van der Waals surface area contributed by atoms with Gasteiger partial charge >= 0.3 is 17.9 Å². The normalized spacial score (nSPS) is 12.3. The van der Waals surface area contributed by atoms with Crippen molar-refractivity contribution < 1.29 is 28.6 Å². The summed E-state index contributed by atoms with van der Waals surface area (Å²) >= 11 is 0. The van der Waals surface area contributed by atoms with Gasteiger partial charge in [0.1, 0.15) is 13.2 Å². The molecule has 0 aromatic rings. The SMILES string of the molecule is CC/C=C\C/C=C\C/C=C\C/C=C\CCCCCCC(=O)OC(COC(=O)CCCCCCCCCCCCC)COC(=O)CCCCCCCCCCCCCCCCCCCCCCCCCCCCC. The summed E-state index contributed by atoms with van der Waals surface area (Å²) in [6.45, 7) is 6.55. The zero-order valence-corrected chi connectivity index (χ0v) is 48.9. The van der Waals surface area contributed by atoms with Crippen molar-refractivity contribution in [2.75, 3.05) is 13.2 Å². The minimum absolute atomic E-state index is 0.0787. The molecule has 0 heterocycles. The van der Waals surface area contributed by atoms with Crippen molar-refractivity contribution in [3.63, 3.8) is 0 Å². The van der Waals surface area contributed by atoms with Crippen molar-refractivity contribution >= 4 is 17.9 Å². The Morgan fingerprint density at radius 3 is 0.836 bits per heavy atom. The molecule has 0 bridgehead atoms. The Balaban J connectivity index is 4.19. The van der Waals surface area contributed by atoms with Crippen LogP contribution in [0.25, 0.3) is 0 Å². The van der Waals surface area contributed by atoms with E-state index in [4.69, 9.17) is 14.2 Å². The minimum Gasteiger partial charge on any atom is -0.462 e. The smallest absolute Gasteiger partial charge is 0.306 e. The highest BCUT2D eigenvalue weighted by Gasteiger charge is 2.19. The van der Waals surface area contributed by atoms with E-state index in [-0.39, 0.29) is 31.1 Å². The second kappa shape index (κ2) is 61.9. The van der Waals surface area contributed by atoms with Crippen LogP contribution in [-0.2, 0) is 28.6 Å². The van der Waals surface area contributed by atoms with Crippen molar-refractivity contribution in [1.82, 2.24) is 0 Å². The molecule has 0 aliphatic carbocycles. The van der Waals surface area contributed by atoms with Gasteiger partial charge in [-0.25, -0.2) is 0 Å². The van der Waals surface area contributed by atoms with Crippen molar-refractivity contribution in [1.29, 1.82) is 0 Å². The average molecular weight is 1020 g/mol. The van der Waals surface area contributed by atoms with E-state index in [1.54, 1.807) is 0 Å². The fraction of sp³-hybridized carbons (Fsp3) is 0.836. The van der Waals surface area contributed by atoms with Crippen LogP contribution < -0.4 is 0 Å². The molecule has 73 heavy (non-hydrogen) atoms. The van der Waals surface area contributed by atoms with E-state index in [1.165, 1.54) is 205 Å². The lowest BCUT2D eigenvalue weighted by molar-refractivity contribution is -0.167. The molecule has 0 saturated carbocycles. The number of ether oxygens (including phenoxy) is 3. The molecule has 0 aliphatic heterocycles. The first kappa shape index (κ1) is 70.4. The fourth-order valence-electron chi connectivity index (χ4n) is 9.56. The first-order valence-corrected chi connectivity index (χ1v) is 32.1. The first-order valence-electron chi connectivity index (χ1n) is 32.1. The van der Waals surface area contributed by atoms with Gasteiger partial charge in [-0.3, -0.25) is 14.4 Å². The summed E-state index contributed by atoms with van der Waals surface area (Å²) < 4.78 is 16.9. The third-order valence-corrected chi connectivity index (χ3v) is 14.3. The number of hydrogen-bond donors (Lipinski definition) is 0. The fourth-order valence-corrected chi connectivity index (χ4v) is 9.56. The van der Waals surface area contributed by atoms with E-state index >= 15 is 0 Å². The van der Waals surface area contributed by atoms with E-state index in [9.17, 15) is 14.4 Å². The highest BCUT2D eigenvalue weighted by Crippen LogP contribution is 2.18. The minimum atomic E-state index is -0.783. The lowest BCUT2D eigenvalue weighted by Crippen LogP contribution is -2.30. The quantitative estimate of drug-likeness (QED) is 0.0261. The molecule has 6 heteroatoms. The van der Waals surface area contributed by atoms with Crippen LogP contribution >= 0.6 is 0 Å². The maximum atomic E-state index is 12.9. The molecule has 0 N–H and O–H groups in total. The molecule has 1 atom stereocenters. The highest BCUT2D eigenvalue weighted by atomic mass is 16.6. The predicted octanol–water partition coefficient (Wildman–Crippen LogP) is 21.8. The van der Waals surface area contributed by atoms with Gasteiger partial charge in [0, 0.05) is 19.3 Å². The molecule has 0 radical (unpaired) electrons. The Hall–Kier alpha value is -2.63. The lowest BCUT2D eigenvalue weighted by atomic mass is 10.0. The molecule has 0 saturated heterocycles. The zero-order chi connectivity index (χ0) is 52.9. The third-order valence-electron chi connectivity index (χ3n) is 14.3. The molecule has 0 spiro atoms. The van der Waals surface area contributed by atoms with Crippen molar-refractivity contribution in [2.45, 2.75) is 348 Å². The summed E-state index contributed by atoms with van der Waals surface area (Å²) in [5, 5.41) is 0. The number of allylic oxidation sites excluding steroid dienone is 8. The van der Waals surface area contributed by atoms with Gasteiger partial charge in [-0.2, -0.15) is 0 Å². The van der Waals surface area contributed by atoms with Crippen LogP contribution in [0.4, 0.5) is 0 Å². The summed E-state index contributed by atoms with van der Waals surface area (Å²) in [4.78, 5) is 38.2. The van der Waals surface area contributed by atoms with E-state index in [0.29, 0.717) is 19.3 Å². The summed E-state index contributed by atoms with van der Waals surface area (Å²) in [7, 11) is 0. The van der Waals surface area contributed by atoms with Crippen molar-refractivity contribution in [2.24, 2.45) is 0 Å². The number of carbonyl (C=O) groups is 3. The Kier molecular flexibility index (Phi) is 59.7. The number of carbonyl (C=O) groups excluding carboxylic acids is 3. The molecule has 0 aliphatic rings. The van der Waals surface area contributed by atoms with Gasteiger partial charge in [0.2, 0.25) is 0 Å². The summed E-state index contributed by atoms with van der Waals surface area (Å²) in [5.41, 5.74) is 0. The van der Waals surface area contributed by atoms with Gasteiger partial charge in [-0.15, -0.1) is 0 Å². The summed E-state index contributed by atoms with van der Waals surface area (Å²) in [6, 6.07) is 0. The Bertz CT molecular complexity index is 1270. The molecule has 1 unspecified atom stereocenters. The molecule has 0 rings (SSSR count). The first-order chi connectivity index (χ1) is 36.0. The van der Waals surface area contributed by atoms with Crippen LogP contribution in [0.5, 0.6) is 0 Å². The van der Waals surface area contributed by atoms with E-state index < -0.39 is 6.10 Å². The van der Waals surface area contributed by atoms with Crippen molar-refractivity contribution in [3.05, 3.63) is 48.6 Å². The standard InChI is InChI=1S/C67H122O6/c1-4-7-10-13-16-19-22-24-26-28-29-30-31-32-33-34-35-36-37-39-40-42-45-48-51-54-57-60-66(69)72-63-64(62-71-65(68)59-56-53-50-47-44-21-18-15-12-9-6-3)73-67(70)61-58-55-52-49-46-43-41-38-27-25-23-20-17-14-11-8-5-2/h8,11,17,20,25,27,41,43,64H,4-7,9-10,12-16,18-19,21-24,26,28-40,42,44-63H2,1-3H3/b11-8-,20-17-,27-25-,43-41-. The lowest BCUT2D eigenvalue weighted by Gasteiger charge is -2.18. The number of rotatable bonds is 59. The average Bonchev–Trinajstić information content (AvgIpc) is 3.39. The van der Waals surface area contributed by atoms with Crippen LogP contribution in [0.2, 0.25) is 0 Å². The van der Waals surface area contributed by atoms with Crippen LogP contribution in [0.15, 0.2) is 48.6 Å². The van der Waals surface area contributed by atoms with Crippen molar-refractivity contribution in [3.8, 4) is 0 Å². The highest BCUT2D eigenvalue weighted by molar-refractivity contribution is 5.71. The maximum Gasteiger partial charge on any atom is 0.306 e. The van der Waals surface area contributed by atoms with Gasteiger partial charge < -0.3 is 14.2 Å². The predicted molar refractivity (Wildman–Crippen MR) is 316 cm³/mol. The van der Waals surface area contributed by atoms with Crippen LogP contribution in [0, 0.1) is 0 Å². The largest absolute Gasteiger partial charge is 0.462 e. The maximum absolute atomic E-state index is 12.9.